The summed E-state index contributed by atoms with van der Waals surface area (Å²) in [5, 5.41) is 9.54. The molecule has 0 N–H and O–H groups in total. The van der Waals surface area contributed by atoms with Crippen molar-refractivity contribution in [2.45, 2.75) is 37.8 Å². The van der Waals surface area contributed by atoms with Crippen molar-refractivity contribution in [3.05, 3.63) is 40.7 Å². The Morgan fingerprint density at radius 3 is 2.74 bits per heavy atom. The van der Waals surface area contributed by atoms with Gasteiger partial charge in [0.05, 0.1) is 16.9 Å². The number of carbonyl (C=O) groups is 2. The molecular weight excluding hydrogens is 470 g/mol. The van der Waals surface area contributed by atoms with E-state index in [2.05, 4.69) is 23.2 Å². The van der Waals surface area contributed by atoms with Crippen molar-refractivity contribution in [1.29, 1.82) is 0 Å². The van der Waals surface area contributed by atoms with Crippen LogP contribution in [0.3, 0.4) is 0 Å². The first-order valence-corrected chi connectivity index (χ1v) is 13.6. The van der Waals surface area contributed by atoms with Gasteiger partial charge in [0.25, 0.3) is 5.91 Å². The lowest BCUT2D eigenvalue weighted by Gasteiger charge is -2.34. The van der Waals surface area contributed by atoms with E-state index in [4.69, 9.17) is 4.42 Å². The van der Waals surface area contributed by atoms with Gasteiger partial charge >= 0.3 is 0 Å². The van der Waals surface area contributed by atoms with Crippen LogP contribution in [-0.2, 0) is 24.7 Å². The Morgan fingerprint density at radius 2 is 2.00 bits per heavy atom. The van der Waals surface area contributed by atoms with Crippen LogP contribution in [0.1, 0.15) is 40.8 Å². The Hall–Kier alpha value is -2.59. The van der Waals surface area contributed by atoms with Gasteiger partial charge in [-0.1, -0.05) is 25.1 Å². The largest absolute Gasteiger partial charge is 0.459 e. The number of furan rings is 1. The summed E-state index contributed by atoms with van der Waals surface area (Å²) in [7, 11) is 1.97. The van der Waals surface area contributed by atoms with Gasteiger partial charge in [0.1, 0.15) is 0 Å². The normalized spacial score (nSPS) is 18.2. The molecule has 34 heavy (non-hydrogen) atoms. The van der Waals surface area contributed by atoms with Gasteiger partial charge < -0.3 is 18.8 Å². The second-order valence-electron chi connectivity index (χ2n) is 8.88. The fourth-order valence-electron chi connectivity index (χ4n) is 4.65. The maximum Gasteiger partial charge on any atom is 0.289 e. The molecule has 2 aliphatic rings. The van der Waals surface area contributed by atoms with E-state index in [9.17, 15) is 9.59 Å². The summed E-state index contributed by atoms with van der Waals surface area (Å²) in [5.74, 6) is 2.22. The molecular formula is C24H29N5O3S2. The summed E-state index contributed by atoms with van der Waals surface area (Å²) < 4.78 is 7.19. The topological polar surface area (TPSA) is 84.5 Å². The van der Waals surface area contributed by atoms with Crippen LogP contribution in [0.5, 0.6) is 0 Å². The van der Waals surface area contributed by atoms with Crippen LogP contribution in [0.15, 0.2) is 34.0 Å². The highest BCUT2D eigenvalue weighted by molar-refractivity contribution is 7.99. The monoisotopic (exact) mass is 499 g/mol. The van der Waals surface area contributed by atoms with Crippen LogP contribution in [0.4, 0.5) is 0 Å². The van der Waals surface area contributed by atoms with E-state index >= 15 is 0 Å². The van der Waals surface area contributed by atoms with E-state index in [-0.39, 0.29) is 11.8 Å². The summed E-state index contributed by atoms with van der Waals surface area (Å²) in [4.78, 5) is 31.4. The van der Waals surface area contributed by atoms with Crippen molar-refractivity contribution in [3.8, 4) is 10.7 Å². The van der Waals surface area contributed by atoms with Gasteiger partial charge in [0, 0.05) is 38.1 Å². The Morgan fingerprint density at radius 1 is 1.21 bits per heavy atom. The van der Waals surface area contributed by atoms with Crippen LogP contribution >= 0.6 is 23.1 Å². The van der Waals surface area contributed by atoms with Crippen LogP contribution in [-0.4, -0.2) is 68.3 Å². The second kappa shape index (κ2) is 9.95. The number of carbonyl (C=O) groups excluding carboxylic acids is 2. The molecule has 0 aromatic carbocycles. The first-order chi connectivity index (χ1) is 16.5. The number of rotatable bonds is 6. The van der Waals surface area contributed by atoms with Gasteiger partial charge in [-0.25, -0.2) is 0 Å². The van der Waals surface area contributed by atoms with Crippen molar-refractivity contribution in [3.63, 3.8) is 0 Å². The molecule has 0 spiro atoms. The highest BCUT2D eigenvalue weighted by atomic mass is 32.2. The molecule has 8 nitrogen and oxygen atoms in total. The molecule has 1 aliphatic heterocycles. The van der Waals surface area contributed by atoms with Crippen molar-refractivity contribution in [1.82, 2.24) is 24.6 Å². The molecule has 1 unspecified atom stereocenters. The zero-order valence-electron chi connectivity index (χ0n) is 19.5. The maximum atomic E-state index is 12.8. The molecule has 2 amide bonds. The number of fused-ring (bicyclic) bond motifs is 1. The summed E-state index contributed by atoms with van der Waals surface area (Å²) in [6, 6.07) is 5.66. The number of amides is 2. The number of nitrogens with zero attached hydrogens (tertiary/aromatic N) is 5. The zero-order chi connectivity index (χ0) is 23.7. The maximum absolute atomic E-state index is 12.8. The molecule has 4 heterocycles. The number of aryl methyl sites for hydroxylation is 1. The van der Waals surface area contributed by atoms with Crippen LogP contribution in [0, 0.1) is 5.92 Å². The van der Waals surface area contributed by atoms with Gasteiger partial charge in [-0.05, 0) is 48.9 Å². The summed E-state index contributed by atoms with van der Waals surface area (Å²) in [5.41, 5.74) is 1.47. The number of thioether (sulfide) groups is 1. The van der Waals surface area contributed by atoms with E-state index in [0.29, 0.717) is 37.7 Å². The lowest BCUT2D eigenvalue weighted by atomic mass is 9.87. The van der Waals surface area contributed by atoms with Crippen LogP contribution in [0.2, 0.25) is 0 Å². The third-order valence-corrected chi connectivity index (χ3v) is 9.03. The SMILES string of the molecule is CCC1CCc2sc(-c3nnc(SCC(=O)N4CCN(C(=O)c5ccco5)CC4)n3C)cc2C1. The summed E-state index contributed by atoms with van der Waals surface area (Å²) >= 11 is 3.25. The Bertz CT molecular complexity index is 1160. The quantitative estimate of drug-likeness (QED) is 0.481. The van der Waals surface area contributed by atoms with E-state index < -0.39 is 0 Å². The fourth-order valence-corrected chi connectivity index (χ4v) is 6.69. The average Bonchev–Trinajstić information content (AvgIpc) is 3.61. The van der Waals surface area contributed by atoms with Gasteiger partial charge in [-0.15, -0.1) is 21.5 Å². The highest BCUT2D eigenvalue weighted by Gasteiger charge is 2.27. The van der Waals surface area contributed by atoms with E-state index in [1.54, 1.807) is 17.0 Å². The number of piperazine rings is 1. The zero-order valence-corrected chi connectivity index (χ0v) is 21.2. The Labute approximate surface area is 207 Å². The predicted molar refractivity (Wildman–Crippen MR) is 132 cm³/mol. The van der Waals surface area contributed by atoms with E-state index in [0.717, 1.165) is 34.6 Å². The smallest absolute Gasteiger partial charge is 0.289 e. The van der Waals surface area contributed by atoms with E-state index in [1.165, 1.54) is 41.3 Å². The molecule has 3 aromatic heterocycles. The van der Waals surface area contributed by atoms with Crippen LogP contribution < -0.4 is 0 Å². The Balaban J connectivity index is 1.16. The fraction of sp³-hybridized carbons (Fsp3) is 0.500. The molecule has 1 aliphatic carbocycles. The molecule has 1 atom stereocenters. The van der Waals surface area contributed by atoms with Gasteiger partial charge in [0.15, 0.2) is 16.7 Å². The lowest BCUT2D eigenvalue weighted by molar-refractivity contribution is -0.129. The third-order valence-electron chi connectivity index (χ3n) is 6.79. The molecule has 1 saturated heterocycles. The van der Waals surface area contributed by atoms with Crippen molar-refractivity contribution in [2.24, 2.45) is 13.0 Å². The number of thiophene rings is 1. The molecule has 10 heteroatoms. The van der Waals surface area contributed by atoms with Crippen molar-refractivity contribution in [2.75, 3.05) is 31.9 Å². The van der Waals surface area contributed by atoms with Crippen LogP contribution in [0.25, 0.3) is 10.7 Å². The second-order valence-corrected chi connectivity index (χ2v) is 11.0. The predicted octanol–water partition coefficient (Wildman–Crippen LogP) is 3.73. The minimum atomic E-state index is -0.126. The highest BCUT2D eigenvalue weighted by Crippen LogP contribution is 2.38. The van der Waals surface area contributed by atoms with Crippen molar-refractivity contribution >= 4 is 34.9 Å². The first-order valence-electron chi connectivity index (χ1n) is 11.8. The van der Waals surface area contributed by atoms with Crippen molar-refractivity contribution < 1.29 is 14.0 Å². The molecule has 5 rings (SSSR count). The molecule has 3 aromatic rings. The van der Waals surface area contributed by atoms with Gasteiger partial charge in [-0.3, -0.25) is 9.59 Å². The summed E-state index contributed by atoms with van der Waals surface area (Å²) in [6.07, 6.45) is 6.33. The number of hydrogen-bond acceptors (Lipinski definition) is 7. The molecule has 0 radical (unpaired) electrons. The molecule has 180 valence electrons. The van der Waals surface area contributed by atoms with Gasteiger partial charge in [0.2, 0.25) is 5.91 Å². The third kappa shape index (κ3) is 4.65. The average molecular weight is 500 g/mol. The Kier molecular flexibility index (Phi) is 6.78. The standard InChI is InChI=1S/C24H29N5O3S2/c1-3-16-6-7-19-17(13-16)14-20(34-19)22-25-26-24(27(22)2)33-15-21(30)28-8-10-29(11-9-28)23(31)18-5-4-12-32-18/h4-5,12,14,16H,3,6-11,13,15H2,1-2H3. The molecule has 0 saturated carbocycles. The summed E-state index contributed by atoms with van der Waals surface area (Å²) in [6.45, 7) is 4.33. The minimum Gasteiger partial charge on any atom is -0.459 e. The van der Waals surface area contributed by atoms with E-state index in [1.807, 2.05) is 27.9 Å². The first kappa shape index (κ1) is 23.2. The lowest BCUT2D eigenvalue weighted by Crippen LogP contribution is -2.51. The number of aromatic nitrogens is 3. The van der Waals surface area contributed by atoms with Gasteiger partial charge in [-0.2, -0.15) is 0 Å². The molecule has 1 fully saturated rings. The minimum absolute atomic E-state index is 0.0526. The molecule has 0 bridgehead atoms. The number of hydrogen-bond donors (Lipinski definition) is 0.